The molecule has 1 aliphatic rings. The minimum Gasteiger partial charge on any atom is -0.491 e. The highest BCUT2D eigenvalue weighted by Gasteiger charge is 2.30. The molecule has 1 atom stereocenters. The van der Waals surface area contributed by atoms with Crippen LogP contribution in [0.25, 0.3) is 11.3 Å². The summed E-state index contributed by atoms with van der Waals surface area (Å²) in [4.78, 5) is 0. The Labute approximate surface area is 146 Å². The zero-order valence-corrected chi connectivity index (χ0v) is 14.3. The monoisotopic (exact) mass is 380 g/mol. The number of alkyl halides is 2. The van der Waals surface area contributed by atoms with Crippen molar-refractivity contribution in [2.75, 3.05) is 6.61 Å². The summed E-state index contributed by atoms with van der Waals surface area (Å²) in [6.45, 7) is -0.678. The Hall–Kier alpha value is -1.60. The smallest absolute Gasteiger partial charge is 0.388 e. The van der Waals surface area contributed by atoms with Gasteiger partial charge in [0.15, 0.2) is 0 Å². The lowest BCUT2D eigenvalue weighted by molar-refractivity contribution is -0.0552. The summed E-state index contributed by atoms with van der Waals surface area (Å²) in [5.41, 5.74) is 0.617. The van der Waals surface area contributed by atoms with E-state index in [9.17, 15) is 13.2 Å². The second kappa shape index (κ2) is 6.37. The van der Waals surface area contributed by atoms with Gasteiger partial charge in [-0.1, -0.05) is 30.1 Å². The Kier molecular flexibility index (Phi) is 4.57. The van der Waals surface area contributed by atoms with Crippen LogP contribution in [-0.2, 0) is 13.5 Å². The molecular weight excluding hydrogens is 368 g/mol. The van der Waals surface area contributed by atoms with Crippen LogP contribution < -0.4 is 9.47 Å². The Balaban J connectivity index is 2.21. The maximum absolute atomic E-state index is 14.6. The fraction of sp³-hybridized carbons (Fsp3) is 0.400. The number of ether oxygens (including phenoxy) is 2. The van der Waals surface area contributed by atoms with Gasteiger partial charge in [0, 0.05) is 18.2 Å². The van der Waals surface area contributed by atoms with E-state index >= 15 is 0 Å². The molecule has 1 aromatic heterocycles. The number of hydrogen-bond acceptors (Lipinski definition) is 3. The number of rotatable bonds is 3. The molecular formula is C15H13Cl2F3N2O2. The first-order valence-corrected chi connectivity index (χ1v) is 7.86. The van der Waals surface area contributed by atoms with Gasteiger partial charge in [0.25, 0.3) is 0 Å². The average molecular weight is 381 g/mol. The van der Waals surface area contributed by atoms with E-state index in [4.69, 9.17) is 27.9 Å². The molecule has 0 bridgehead atoms. The van der Waals surface area contributed by atoms with Crippen LogP contribution in [0.2, 0.25) is 10.0 Å². The summed E-state index contributed by atoms with van der Waals surface area (Å²) in [7, 11) is 1.38. The lowest BCUT2D eigenvalue weighted by Gasteiger charge is -2.25. The zero-order chi connectivity index (χ0) is 17.6. The van der Waals surface area contributed by atoms with Crippen molar-refractivity contribution in [3.63, 3.8) is 0 Å². The molecule has 0 saturated heterocycles. The molecule has 0 radical (unpaired) electrons. The van der Waals surface area contributed by atoms with Crippen molar-refractivity contribution in [3.05, 3.63) is 27.5 Å². The van der Waals surface area contributed by atoms with Crippen molar-refractivity contribution < 1.29 is 22.6 Å². The third-order valence-corrected chi connectivity index (χ3v) is 4.35. The van der Waals surface area contributed by atoms with E-state index in [0.717, 1.165) is 10.7 Å². The highest BCUT2D eigenvalue weighted by atomic mass is 35.5. The molecule has 1 aliphatic heterocycles. The molecule has 24 heavy (non-hydrogen) atoms. The van der Waals surface area contributed by atoms with E-state index in [1.54, 1.807) is 0 Å². The van der Waals surface area contributed by atoms with Crippen LogP contribution in [-0.4, -0.2) is 23.0 Å². The van der Waals surface area contributed by atoms with Crippen LogP contribution in [0.3, 0.4) is 0 Å². The molecule has 4 nitrogen and oxygen atoms in total. The van der Waals surface area contributed by atoms with Crippen LogP contribution >= 0.6 is 23.2 Å². The number of aryl methyl sites for hydroxylation is 1. The Bertz CT molecular complexity index is 796. The van der Waals surface area contributed by atoms with E-state index in [0.29, 0.717) is 24.3 Å². The minimum atomic E-state index is -3.07. The van der Waals surface area contributed by atoms with Gasteiger partial charge in [0.2, 0.25) is 5.88 Å². The van der Waals surface area contributed by atoms with E-state index < -0.39 is 12.4 Å². The molecule has 0 N–H and O–H groups in total. The van der Waals surface area contributed by atoms with Gasteiger partial charge in [0.05, 0.1) is 11.6 Å². The Morgan fingerprint density at radius 2 is 2.12 bits per heavy atom. The topological polar surface area (TPSA) is 36.3 Å². The highest BCUT2D eigenvalue weighted by Crippen LogP contribution is 2.45. The minimum absolute atomic E-state index is 0.0120. The maximum Gasteiger partial charge on any atom is 0.388 e. The number of halogens is 5. The van der Waals surface area contributed by atoms with E-state index in [-0.39, 0.29) is 33.1 Å². The van der Waals surface area contributed by atoms with Crippen molar-refractivity contribution in [1.29, 1.82) is 0 Å². The SMILES string of the molecule is CC1COc2c(Cl)cc(F)c(-c3nn(C)c(OC(F)F)c3Cl)c2C1. The van der Waals surface area contributed by atoms with Crippen molar-refractivity contribution in [1.82, 2.24) is 9.78 Å². The van der Waals surface area contributed by atoms with E-state index in [1.165, 1.54) is 7.05 Å². The Morgan fingerprint density at radius 3 is 2.79 bits per heavy atom. The molecule has 0 amide bonds. The summed E-state index contributed by atoms with van der Waals surface area (Å²) < 4.78 is 50.6. The van der Waals surface area contributed by atoms with Gasteiger partial charge < -0.3 is 9.47 Å². The molecule has 2 aromatic rings. The first-order valence-electron chi connectivity index (χ1n) is 7.11. The fourth-order valence-electron chi connectivity index (χ4n) is 2.75. The van der Waals surface area contributed by atoms with Crippen LogP contribution in [0.4, 0.5) is 13.2 Å². The van der Waals surface area contributed by atoms with Crippen molar-refractivity contribution in [2.45, 2.75) is 20.0 Å². The summed E-state index contributed by atoms with van der Waals surface area (Å²) >= 11 is 12.2. The second-order valence-corrected chi connectivity index (χ2v) is 6.40. The highest BCUT2D eigenvalue weighted by molar-refractivity contribution is 6.35. The molecule has 2 heterocycles. The average Bonchev–Trinajstić information content (AvgIpc) is 2.74. The molecule has 0 spiro atoms. The summed E-state index contributed by atoms with van der Waals surface area (Å²) in [5, 5.41) is 4.00. The third kappa shape index (κ3) is 2.91. The third-order valence-electron chi connectivity index (χ3n) is 3.73. The molecule has 1 unspecified atom stereocenters. The lowest BCUT2D eigenvalue weighted by Crippen LogP contribution is -2.19. The molecule has 9 heteroatoms. The molecule has 0 fully saturated rings. The molecule has 130 valence electrons. The summed E-state index contributed by atoms with van der Waals surface area (Å²) in [6, 6.07) is 1.10. The van der Waals surface area contributed by atoms with Gasteiger partial charge in [-0.3, -0.25) is 0 Å². The molecule has 1 aromatic carbocycles. The van der Waals surface area contributed by atoms with Crippen LogP contribution in [0.1, 0.15) is 12.5 Å². The van der Waals surface area contributed by atoms with E-state index in [2.05, 4.69) is 9.84 Å². The number of aromatic nitrogens is 2. The van der Waals surface area contributed by atoms with Crippen molar-refractivity contribution >= 4 is 23.2 Å². The predicted molar refractivity (Wildman–Crippen MR) is 83.6 cm³/mol. The summed E-state index contributed by atoms with van der Waals surface area (Å²) in [5.74, 6) is -0.493. The van der Waals surface area contributed by atoms with Crippen molar-refractivity contribution in [2.24, 2.45) is 13.0 Å². The normalized spacial score (nSPS) is 16.9. The first-order chi connectivity index (χ1) is 11.3. The van der Waals surface area contributed by atoms with Gasteiger partial charge in [-0.2, -0.15) is 13.9 Å². The number of hydrogen-bond donors (Lipinski definition) is 0. The maximum atomic E-state index is 14.6. The number of fused-ring (bicyclic) bond motifs is 1. The fourth-order valence-corrected chi connectivity index (χ4v) is 3.31. The van der Waals surface area contributed by atoms with Crippen LogP contribution in [0.15, 0.2) is 6.07 Å². The largest absolute Gasteiger partial charge is 0.491 e. The van der Waals surface area contributed by atoms with Gasteiger partial charge in [-0.15, -0.1) is 0 Å². The standard InChI is InChI=1S/C15H13Cl2F3N2O2/c1-6-3-7-10(9(18)4-8(16)13(7)23-5-6)12-11(17)14(22(2)21-12)24-15(19)20/h4,6,15H,3,5H2,1-2H3. The Morgan fingerprint density at radius 1 is 1.42 bits per heavy atom. The van der Waals surface area contributed by atoms with Gasteiger partial charge in [0.1, 0.15) is 22.3 Å². The first kappa shape index (κ1) is 17.2. The quantitative estimate of drug-likeness (QED) is 0.773. The van der Waals surface area contributed by atoms with E-state index in [1.807, 2.05) is 6.92 Å². The van der Waals surface area contributed by atoms with Crippen LogP contribution in [0, 0.1) is 11.7 Å². The second-order valence-electron chi connectivity index (χ2n) is 5.61. The molecule has 3 rings (SSSR count). The predicted octanol–water partition coefficient (Wildman–Crippen LogP) is 4.71. The van der Waals surface area contributed by atoms with Gasteiger partial charge >= 0.3 is 6.61 Å². The number of nitrogens with zero attached hydrogens (tertiary/aromatic N) is 2. The molecule has 0 aliphatic carbocycles. The summed E-state index contributed by atoms with van der Waals surface area (Å²) in [6.07, 6.45) is 0.500. The molecule has 0 saturated carbocycles. The zero-order valence-electron chi connectivity index (χ0n) is 12.7. The lowest BCUT2D eigenvalue weighted by atomic mass is 9.92. The van der Waals surface area contributed by atoms with Crippen LogP contribution in [0.5, 0.6) is 11.6 Å². The van der Waals surface area contributed by atoms with Gasteiger partial charge in [-0.05, 0) is 18.4 Å². The van der Waals surface area contributed by atoms with Gasteiger partial charge in [-0.25, -0.2) is 9.07 Å². The van der Waals surface area contributed by atoms with Crippen molar-refractivity contribution in [3.8, 4) is 22.9 Å². The number of benzene rings is 1.